The Morgan fingerprint density at radius 1 is 0.297 bits per heavy atom. The van der Waals surface area contributed by atoms with E-state index in [0.29, 0.717) is 5.89 Å². The first-order valence-electron chi connectivity index (χ1n) is 21.8. The van der Waals surface area contributed by atoms with E-state index in [1.54, 1.807) is 0 Å². The van der Waals surface area contributed by atoms with Crippen LogP contribution in [0.25, 0.3) is 99.4 Å². The molecule has 12 aromatic rings. The first kappa shape index (κ1) is 37.2. The first-order valence-corrected chi connectivity index (χ1v) is 21.8. The minimum atomic E-state index is 0.640. The van der Waals surface area contributed by atoms with Gasteiger partial charge in [-0.15, -0.1) is 0 Å². The summed E-state index contributed by atoms with van der Waals surface area (Å²) in [6.45, 7) is 0. The zero-order valence-electron chi connectivity index (χ0n) is 34.9. The van der Waals surface area contributed by atoms with Crippen LogP contribution in [-0.4, -0.2) is 4.98 Å². The van der Waals surface area contributed by atoms with Crippen LogP contribution in [0.3, 0.4) is 0 Å². The van der Waals surface area contributed by atoms with Gasteiger partial charge in [0.15, 0.2) is 5.58 Å². The van der Waals surface area contributed by atoms with Gasteiger partial charge < -0.3 is 9.32 Å². The molecule has 0 amide bonds. The second-order valence-electron chi connectivity index (χ2n) is 16.3. The molecule has 0 aliphatic heterocycles. The first-order chi connectivity index (χ1) is 31.7. The van der Waals surface area contributed by atoms with Crippen LogP contribution in [-0.2, 0) is 0 Å². The van der Waals surface area contributed by atoms with E-state index in [1.165, 1.54) is 43.8 Å². The van der Waals surface area contributed by atoms with Gasteiger partial charge in [-0.25, -0.2) is 4.98 Å². The Morgan fingerprint density at radius 2 is 0.812 bits per heavy atom. The maximum absolute atomic E-state index is 6.31. The monoisotopic (exact) mass is 816 g/mol. The normalized spacial score (nSPS) is 11.4. The molecule has 0 bridgehead atoms. The van der Waals surface area contributed by atoms with Gasteiger partial charge in [0, 0.05) is 28.0 Å². The summed E-state index contributed by atoms with van der Waals surface area (Å²) in [6, 6.07) is 86.8. The fourth-order valence-electron chi connectivity index (χ4n) is 9.24. The fraction of sp³-hybridized carbons (Fsp3) is 0. The van der Waals surface area contributed by atoms with Gasteiger partial charge in [-0.2, -0.15) is 0 Å². The molecule has 3 nitrogen and oxygen atoms in total. The van der Waals surface area contributed by atoms with Gasteiger partial charge in [0.2, 0.25) is 5.89 Å². The largest absolute Gasteiger partial charge is 0.435 e. The molecule has 0 aliphatic rings. The smallest absolute Gasteiger partial charge is 0.227 e. The van der Waals surface area contributed by atoms with Crippen molar-refractivity contribution in [1.82, 2.24) is 4.98 Å². The lowest BCUT2D eigenvalue weighted by Gasteiger charge is -2.26. The van der Waals surface area contributed by atoms with E-state index in [1.807, 2.05) is 36.4 Å². The molecule has 0 aliphatic carbocycles. The number of benzene rings is 11. The lowest BCUT2D eigenvalue weighted by atomic mass is 9.93. The lowest BCUT2D eigenvalue weighted by molar-refractivity contribution is 0.623. The van der Waals surface area contributed by atoms with Crippen LogP contribution >= 0.6 is 0 Å². The Balaban J connectivity index is 0.864. The van der Waals surface area contributed by atoms with Crippen LogP contribution in [0.15, 0.2) is 247 Å². The lowest BCUT2D eigenvalue weighted by Crippen LogP contribution is -2.10. The Hall–Kier alpha value is -8.53. The Morgan fingerprint density at radius 3 is 1.53 bits per heavy atom. The summed E-state index contributed by atoms with van der Waals surface area (Å²) in [5, 5.41) is 7.23. The van der Waals surface area contributed by atoms with Crippen LogP contribution in [0.2, 0.25) is 0 Å². The van der Waals surface area contributed by atoms with E-state index in [-0.39, 0.29) is 0 Å². The molecule has 0 radical (unpaired) electrons. The van der Waals surface area contributed by atoms with Gasteiger partial charge in [-0.1, -0.05) is 170 Å². The molecule has 0 saturated heterocycles. The standard InChI is InChI=1S/C61H40N2O/c1-3-12-41(13-4-1)47-17-11-18-53(39-47)63(52-34-28-45(29-35-52)58-40-49-16-7-8-19-54(49)56-20-9-10-21-57(56)58)51-32-26-43(27-33-51)42-22-24-44(25-23-42)48-30-36-55-50(38-48)31-37-59-60(55)64-61(62-59)46-14-5-2-6-15-46/h1-40H. The van der Waals surface area contributed by atoms with Crippen LogP contribution in [0.4, 0.5) is 17.1 Å². The van der Waals surface area contributed by atoms with E-state index < -0.39 is 0 Å². The molecule has 0 atom stereocenters. The van der Waals surface area contributed by atoms with Crippen molar-refractivity contribution in [1.29, 1.82) is 0 Å². The van der Waals surface area contributed by atoms with E-state index in [0.717, 1.165) is 66.8 Å². The van der Waals surface area contributed by atoms with Gasteiger partial charge in [-0.05, 0) is 144 Å². The SMILES string of the molecule is c1ccc(-c2cccc(N(c3ccc(-c4ccc(-c5ccc6c(ccc7nc(-c8ccccc8)oc76)c5)cc4)cc3)c3ccc(-c4cc5ccccc5c5ccccc45)cc3)c2)cc1. The van der Waals surface area contributed by atoms with Gasteiger partial charge in [0.25, 0.3) is 0 Å². The molecule has 0 unspecified atom stereocenters. The molecule has 300 valence electrons. The molecule has 0 saturated carbocycles. The predicted octanol–water partition coefficient (Wildman–Crippen LogP) is 17.1. The van der Waals surface area contributed by atoms with E-state index in [2.05, 4.69) is 211 Å². The maximum Gasteiger partial charge on any atom is 0.227 e. The molecule has 0 spiro atoms. The van der Waals surface area contributed by atoms with Gasteiger partial charge in [0.05, 0.1) is 0 Å². The molecular formula is C61H40N2O. The Labute approximate surface area is 371 Å². The highest BCUT2D eigenvalue weighted by atomic mass is 16.3. The molecule has 11 aromatic carbocycles. The molecule has 12 rings (SSSR count). The second kappa shape index (κ2) is 15.7. The summed E-state index contributed by atoms with van der Waals surface area (Å²) < 4.78 is 6.31. The minimum absolute atomic E-state index is 0.640. The quantitative estimate of drug-likeness (QED) is 0.143. The summed E-state index contributed by atoms with van der Waals surface area (Å²) in [5.41, 5.74) is 15.4. The van der Waals surface area contributed by atoms with Crippen molar-refractivity contribution < 1.29 is 4.42 Å². The summed E-state index contributed by atoms with van der Waals surface area (Å²) in [4.78, 5) is 7.13. The van der Waals surface area contributed by atoms with Crippen molar-refractivity contribution in [3.8, 4) is 56.0 Å². The third-order valence-electron chi connectivity index (χ3n) is 12.5. The highest BCUT2D eigenvalue weighted by Gasteiger charge is 2.17. The maximum atomic E-state index is 6.31. The topological polar surface area (TPSA) is 29.3 Å². The summed E-state index contributed by atoms with van der Waals surface area (Å²) in [7, 11) is 0. The Kier molecular flexibility index (Phi) is 9.16. The number of hydrogen-bond acceptors (Lipinski definition) is 3. The number of aromatic nitrogens is 1. The third kappa shape index (κ3) is 6.77. The van der Waals surface area contributed by atoms with E-state index in [4.69, 9.17) is 9.40 Å². The summed E-state index contributed by atoms with van der Waals surface area (Å²) >= 11 is 0. The second-order valence-corrected chi connectivity index (χ2v) is 16.3. The van der Waals surface area contributed by atoms with Crippen molar-refractivity contribution >= 4 is 60.5 Å². The number of fused-ring (bicyclic) bond motifs is 6. The average molecular weight is 817 g/mol. The van der Waals surface area contributed by atoms with Crippen LogP contribution in [0, 0.1) is 0 Å². The highest BCUT2D eigenvalue weighted by molar-refractivity contribution is 6.14. The average Bonchev–Trinajstić information content (AvgIpc) is 3.83. The third-order valence-corrected chi connectivity index (χ3v) is 12.5. The number of anilines is 3. The van der Waals surface area contributed by atoms with Crippen molar-refractivity contribution in [2.24, 2.45) is 0 Å². The van der Waals surface area contributed by atoms with Crippen LogP contribution in [0.5, 0.6) is 0 Å². The molecule has 1 heterocycles. The van der Waals surface area contributed by atoms with Crippen molar-refractivity contribution in [2.45, 2.75) is 0 Å². The van der Waals surface area contributed by atoms with Crippen LogP contribution in [0.1, 0.15) is 0 Å². The van der Waals surface area contributed by atoms with Crippen molar-refractivity contribution in [2.75, 3.05) is 4.90 Å². The molecule has 1 aromatic heterocycles. The van der Waals surface area contributed by atoms with Gasteiger partial charge in [0.1, 0.15) is 5.52 Å². The van der Waals surface area contributed by atoms with E-state index >= 15 is 0 Å². The number of hydrogen-bond donors (Lipinski definition) is 0. The van der Waals surface area contributed by atoms with Crippen molar-refractivity contribution in [3.63, 3.8) is 0 Å². The molecule has 0 fully saturated rings. The summed E-state index contributed by atoms with van der Waals surface area (Å²) in [5.74, 6) is 0.640. The summed E-state index contributed by atoms with van der Waals surface area (Å²) in [6.07, 6.45) is 0. The highest BCUT2D eigenvalue weighted by Crippen LogP contribution is 2.41. The van der Waals surface area contributed by atoms with Crippen molar-refractivity contribution in [3.05, 3.63) is 243 Å². The Bertz CT molecular complexity index is 3630. The van der Waals surface area contributed by atoms with Gasteiger partial charge in [-0.3, -0.25) is 0 Å². The van der Waals surface area contributed by atoms with E-state index in [9.17, 15) is 0 Å². The number of rotatable bonds is 8. The predicted molar refractivity (Wildman–Crippen MR) is 268 cm³/mol. The molecule has 64 heavy (non-hydrogen) atoms. The zero-order valence-corrected chi connectivity index (χ0v) is 34.9. The van der Waals surface area contributed by atoms with Crippen LogP contribution < -0.4 is 4.90 Å². The minimum Gasteiger partial charge on any atom is -0.435 e. The zero-order chi connectivity index (χ0) is 42.4. The number of oxazole rings is 1. The number of nitrogens with zero attached hydrogens (tertiary/aromatic N) is 2. The fourth-order valence-corrected chi connectivity index (χ4v) is 9.24. The molecule has 3 heteroatoms. The molecular weight excluding hydrogens is 777 g/mol. The van der Waals surface area contributed by atoms with Gasteiger partial charge >= 0.3 is 0 Å². The molecule has 0 N–H and O–H groups in total.